The van der Waals surface area contributed by atoms with Gasteiger partial charge < -0.3 is 29.2 Å². The Bertz CT molecular complexity index is 327. The molecule has 0 saturated carbocycles. The number of rotatable bonds is 16. The standard InChI is InChI=1S/C19H40N2O6/c1-16(22)11-26-18(3)13-24-9-7-20-5-6-21(15-20)8-10-25-14-19(4)27-12-17(2)23/h16-19,22-23H,5-15H2,1-4H3. The zero-order valence-corrected chi connectivity index (χ0v) is 17.5. The Morgan fingerprint density at radius 1 is 0.704 bits per heavy atom. The molecule has 1 heterocycles. The SMILES string of the molecule is CC(O)COC(C)COCCN1CCN(CCOCC(C)OCC(C)O)C1. The van der Waals surface area contributed by atoms with Gasteiger partial charge in [0.2, 0.25) is 0 Å². The van der Waals surface area contributed by atoms with Gasteiger partial charge in [-0.1, -0.05) is 0 Å². The average molecular weight is 393 g/mol. The maximum absolute atomic E-state index is 9.19. The normalized spacial score (nSPS) is 20.7. The highest BCUT2D eigenvalue weighted by Crippen LogP contribution is 2.05. The Morgan fingerprint density at radius 3 is 1.48 bits per heavy atom. The van der Waals surface area contributed by atoms with E-state index in [9.17, 15) is 10.2 Å². The van der Waals surface area contributed by atoms with Crippen molar-refractivity contribution in [3.05, 3.63) is 0 Å². The minimum atomic E-state index is -0.438. The predicted molar refractivity (Wildman–Crippen MR) is 104 cm³/mol. The van der Waals surface area contributed by atoms with Crippen molar-refractivity contribution in [2.75, 3.05) is 72.5 Å². The number of nitrogens with zero attached hydrogens (tertiary/aromatic N) is 2. The van der Waals surface area contributed by atoms with Crippen LogP contribution in [0.4, 0.5) is 0 Å². The molecule has 0 aliphatic carbocycles. The van der Waals surface area contributed by atoms with Crippen LogP contribution in [-0.4, -0.2) is 117 Å². The molecule has 8 nitrogen and oxygen atoms in total. The second-order valence-corrected chi connectivity index (χ2v) is 7.51. The molecule has 4 atom stereocenters. The Hall–Kier alpha value is -0.320. The van der Waals surface area contributed by atoms with Gasteiger partial charge in [0.15, 0.2) is 0 Å². The molecular formula is C19H40N2O6. The summed E-state index contributed by atoms with van der Waals surface area (Å²) in [5.74, 6) is 0. The summed E-state index contributed by atoms with van der Waals surface area (Å²) in [6.07, 6.45) is -0.878. The van der Waals surface area contributed by atoms with Gasteiger partial charge in [-0.25, -0.2) is 0 Å². The lowest BCUT2D eigenvalue weighted by Gasteiger charge is -2.20. The number of aliphatic hydroxyl groups is 2. The van der Waals surface area contributed by atoms with Gasteiger partial charge in [0.05, 0.1) is 70.7 Å². The van der Waals surface area contributed by atoms with Crippen LogP contribution < -0.4 is 0 Å². The van der Waals surface area contributed by atoms with E-state index in [4.69, 9.17) is 18.9 Å². The monoisotopic (exact) mass is 392 g/mol. The summed E-state index contributed by atoms with van der Waals surface area (Å²) in [7, 11) is 0. The molecule has 0 radical (unpaired) electrons. The third-order valence-corrected chi connectivity index (χ3v) is 4.19. The van der Waals surface area contributed by atoms with Crippen LogP contribution >= 0.6 is 0 Å². The van der Waals surface area contributed by atoms with Crippen molar-refractivity contribution in [3.63, 3.8) is 0 Å². The lowest BCUT2D eigenvalue weighted by Crippen LogP contribution is -2.31. The van der Waals surface area contributed by atoms with Gasteiger partial charge in [-0.3, -0.25) is 9.80 Å². The first-order valence-corrected chi connectivity index (χ1v) is 10.1. The van der Waals surface area contributed by atoms with Gasteiger partial charge in [-0.15, -0.1) is 0 Å². The molecule has 0 spiro atoms. The first-order valence-electron chi connectivity index (χ1n) is 10.1. The molecule has 1 saturated heterocycles. The Labute approximate surface area is 164 Å². The summed E-state index contributed by atoms with van der Waals surface area (Å²) in [6.45, 7) is 15.3. The molecule has 1 rings (SSSR count). The molecular weight excluding hydrogens is 352 g/mol. The number of ether oxygens (including phenoxy) is 4. The van der Waals surface area contributed by atoms with Gasteiger partial charge >= 0.3 is 0 Å². The fraction of sp³-hybridized carbons (Fsp3) is 1.00. The smallest absolute Gasteiger partial charge is 0.0781 e. The third-order valence-electron chi connectivity index (χ3n) is 4.19. The van der Waals surface area contributed by atoms with Crippen molar-refractivity contribution < 1.29 is 29.2 Å². The van der Waals surface area contributed by atoms with Crippen LogP contribution in [0.3, 0.4) is 0 Å². The minimum Gasteiger partial charge on any atom is -0.391 e. The predicted octanol–water partition coefficient (Wildman–Crippen LogP) is 0.167. The Morgan fingerprint density at radius 2 is 1.11 bits per heavy atom. The van der Waals surface area contributed by atoms with E-state index >= 15 is 0 Å². The van der Waals surface area contributed by atoms with Crippen LogP contribution in [0.2, 0.25) is 0 Å². The van der Waals surface area contributed by atoms with E-state index in [-0.39, 0.29) is 12.2 Å². The first-order chi connectivity index (χ1) is 12.9. The molecule has 0 amide bonds. The van der Waals surface area contributed by atoms with Crippen LogP contribution in [0.5, 0.6) is 0 Å². The van der Waals surface area contributed by atoms with E-state index in [2.05, 4.69) is 9.80 Å². The van der Waals surface area contributed by atoms with E-state index in [0.29, 0.717) is 39.6 Å². The van der Waals surface area contributed by atoms with Crippen molar-refractivity contribution in [2.24, 2.45) is 0 Å². The highest BCUT2D eigenvalue weighted by molar-refractivity contribution is 4.70. The zero-order chi connectivity index (χ0) is 20.1. The van der Waals surface area contributed by atoms with Crippen LogP contribution in [0.25, 0.3) is 0 Å². The van der Waals surface area contributed by atoms with Gasteiger partial charge in [-0.2, -0.15) is 0 Å². The fourth-order valence-corrected chi connectivity index (χ4v) is 2.66. The Kier molecular flexibility index (Phi) is 13.4. The number of hydrogen-bond acceptors (Lipinski definition) is 8. The first kappa shape index (κ1) is 24.7. The van der Waals surface area contributed by atoms with Crippen molar-refractivity contribution >= 4 is 0 Å². The summed E-state index contributed by atoms with van der Waals surface area (Å²) in [5, 5.41) is 18.4. The molecule has 0 aromatic carbocycles. The highest BCUT2D eigenvalue weighted by atomic mass is 16.5. The zero-order valence-electron chi connectivity index (χ0n) is 17.5. The van der Waals surface area contributed by atoms with E-state index in [1.54, 1.807) is 13.8 Å². The molecule has 1 aliphatic heterocycles. The Balaban J connectivity index is 1.97. The second-order valence-electron chi connectivity index (χ2n) is 7.51. The van der Waals surface area contributed by atoms with Crippen molar-refractivity contribution in [1.82, 2.24) is 9.80 Å². The van der Waals surface area contributed by atoms with Crippen molar-refractivity contribution in [3.8, 4) is 0 Å². The van der Waals surface area contributed by atoms with Crippen LogP contribution in [0.15, 0.2) is 0 Å². The summed E-state index contributed by atoms with van der Waals surface area (Å²) in [5.41, 5.74) is 0. The quantitative estimate of drug-likeness (QED) is 0.360. The molecule has 1 aliphatic rings. The summed E-state index contributed by atoms with van der Waals surface area (Å²) >= 11 is 0. The summed E-state index contributed by atoms with van der Waals surface area (Å²) in [6, 6.07) is 0. The maximum Gasteiger partial charge on any atom is 0.0781 e. The van der Waals surface area contributed by atoms with Crippen molar-refractivity contribution in [1.29, 1.82) is 0 Å². The molecule has 0 aromatic rings. The largest absolute Gasteiger partial charge is 0.391 e. The van der Waals surface area contributed by atoms with E-state index < -0.39 is 12.2 Å². The molecule has 4 unspecified atom stereocenters. The molecule has 162 valence electrons. The molecule has 8 heteroatoms. The summed E-state index contributed by atoms with van der Waals surface area (Å²) < 4.78 is 22.3. The number of hydrogen-bond donors (Lipinski definition) is 2. The molecule has 0 bridgehead atoms. The van der Waals surface area contributed by atoms with Crippen LogP contribution in [-0.2, 0) is 18.9 Å². The second kappa shape index (κ2) is 14.6. The lowest BCUT2D eigenvalue weighted by atomic mass is 10.4. The fourth-order valence-electron chi connectivity index (χ4n) is 2.66. The molecule has 0 aromatic heterocycles. The lowest BCUT2D eigenvalue weighted by molar-refractivity contribution is -0.0403. The maximum atomic E-state index is 9.19. The minimum absolute atomic E-state index is 0.00112. The van der Waals surface area contributed by atoms with E-state index in [1.807, 2.05) is 13.8 Å². The van der Waals surface area contributed by atoms with Gasteiger partial charge in [-0.05, 0) is 27.7 Å². The highest BCUT2D eigenvalue weighted by Gasteiger charge is 2.19. The van der Waals surface area contributed by atoms with Crippen molar-refractivity contribution in [2.45, 2.75) is 52.1 Å². The van der Waals surface area contributed by atoms with Crippen LogP contribution in [0, 0.1) is 0 Å². The molecule has 27 heavy (non-hydrogen) atoms. The summed E-state index contributed by atoms with van der Waals surface area (Å²) in [4.78, 5) is 4.74. The topological polar surface area (TPSA) is 83.9 Å². The third kappa shape index (κ3) is 13.5. The number of aliphatic hydroxyl groups excluding tert-OH is 2. The average Bonchev–Trinajstić information content (AvgIpc) is 3.06. The molecule has 2 N–H and O–H groups in total. The van der Waals surface area contributed by atoms with E-state index in [1.165, 1.54) is 0 Å². The van der Waals surface area contributed by atoms with Gasteiger partial charge in [0, 0.05) is 26.2 Å². The molecule has 1 fully saturated rings. The van der Waals surface area contributed by atoms with Crippen LogP contribution in [0.1, 0.15) is 27.7 Å². The van der Waals surface area contributed by atoms with Gasteiger partial charge in [0.1, 0.15) is 0 Å². The van der Waals surface area contributed by atoms with E-state index in [0.717, 1.165) is 32.8 Å². The van der Waals surface area contributed by atoms with Gasteiger partial charge in [0.25, 0.3) is 0 Å².